The third-order valence-corrected chi connectivity index (χ3v) is 3.58. The van der Waals surface area contributed by atoms with Crippen LogP contribution in [0.15, 0.2) is 5.38 Å². The lowest BCUT2D eigenvalue weighted by atomic mass is 10.0. The fourth-order valence-corrected chi connectivity index (χ4v) is 2.19. The van der Waals surface area contributed by atoms with E-state index in [0.717, 1.165) is 10.8 Å². The molecule has 1 aromatic rings. The number of nitrogens with zero attached hydrogens (tertiary/aromatic N) is 2. The predicted molar refractivity (Wildman–Crippen MR) is 67.7 cm³/mol. The van der Waals surface area contributed by atoms with Crippen molar-refractivity contribution in [1.82, 2.24) is 4.98 Å². The van der Waals surface area contributed by atoms with Gasteiger partial charge in [0.15, 0.2) is 5.13 Å². The van der Waals surface area contributed by atoms with Gasteiger partial charge in [0.2, 0.25) is 5.91 Å². The molecule has 0 aromatic carbocycles. The third-order valence-electron chi connectivity index (χ3n) is 2.60. The van der Waals surface area contributed by atoms with Crippen molar-refractivity contribution in [2.75, 3.05) is 11.4 Å². The van der Waals surface area contributed by atoms with Crippen molar-refractivity contribution in [3.8, 4) is 0 Å². The molecule has 1 heterocycles. The highest BCUT2D eigenvalue weighted by Crippen LogP contribution is 2.22. The summed E-state index contributed by atoms with van der Waals surface area (Å²) >= 11 is 1.49. The molecule has 0 saturated carbocycles. The van der Waals surface area contributed by atoms with Gasteiger partial charge in [-0.05, 0) is 20.8 Å². The van der Waals surface area contributed by atoms with E-state index in [1.165, 1.54) is 11.3 Å². The van der Waals surface area contributed by atoms with E-state index >= 15 is 0 Å². The highest BCUT2D eigenvalue weighted by Gasteiger charge is 2.24. The van der Waals surface area contributed by atoms with Gasteiger partial charge in [-0.2, -0.15) is 0 Å². The Labute approximate surface area is 100 Å². The van der Waals surface area contributed by atoms with Crippen LogP contribution < -0.4 is 10.6 Å². The van der Waals surface area contributed by atoms with E-state index in [2.05, 4.69) is 4.98 Å². The van der Waals surface area contributed by atoms with Gasteiger partial charge in [-0.25, -0.2) is 4.98 Å². The van der Waals surface area contributed by atoms with Crippen LogP contribution in [0.3, 0.4) is 0 Å². The smallest absolute Gasteiger partial charge is 0.233 e. The van der Waals surface area contributed by atoms with Gasteiger partial charge in [0.25, 0.3) is 0 Å². The van der Waals surface area contributed by atoms with Crippen LogP contribution in [0.5, 0.6) is 0 Å². The topological polar surface area (TPSA) is 59.2 Å². The van der Waals surface area contributed by atoms with Crippen molar-refractivity contribution in [3.63, 3.8) is 0 Å². The second-order valence-corrected chi connectivity index (χ2v) is 4.84. The van der Waals surface area contributed by atoms with Gasteiger partial charge in [0.1, 0.15) is 0 Å². The zero-order valence-corrected chi connectivity index (χ0v) is 11.0. The molecule has 5 heteroatoms. The fraction of sp³-hybridized carbons (Fsp3) is 0.636. The number of carbonyl (C=O) groups excluding carboxylic acids is 1. The summed E-state index contributed by atoms with van der Waals surface area (Å²) in [5.41, 5.74) is 6.69. The molecule has 90 valence electrons. The fourth-order valence-electron chi connectivity index (χ4n) is 1.32. The lowest BCUT2D eigenvalue weighted by molar-refractivity contribution is -0.122. The van der Waals surface area contributed by atoms with Gasteiger partial charge in [-0.1, -0.05) is 6.92 Å². The van der Waals surface area contributed by atoms with E-state index in [9.17, 15) is 4.79 Å². The number of hydrogen-bond acceptors (Lipinski definition) is 4. The lowest BCUT2D eigenvalue weighted by Crippen LogP contribution is -2.41. The normalized spacial score (nSPS) is 14.6. The molecule has 2 N–H and O–H groups in total. The Morgan fingerprint density at radius 3 is 2.62 bits per heavy atom. The SMILES string of the molecule is CCN(C(=O)C(C)C(C)N)c1nc(C)cs1. The average Bonchev–Trinajstić information content (AvgIpc) is 2.64. The summed E-state index contributed by atoms with van der Waals surface area (Å²) in [6.07, 6.45) is 0. The highest BCUT2D eigenvalue weighted by atomic mass is 32.1. The summed E-state index contributed by atoms with van der Waals surface area (Å²) in [5.74, 6) is -0.129. The van der Waals surface area contributed by atoms with Gasteiger partial charge in [-0.3, -0.25) is 9.69 Å². The summed E-state index contributed by atoms with van der Waals surface area (Å²) in [6, 6.07) is -0.136. The Hall–Kier alpha value is -0.940. The van der Waals surface area contributed by atoms with E-state index in [-0.39, 0.29) is 17.9 Å². The van der Waals surface area contributed by atoms with Crippen molar-refractivity contribution in [2.24, 2.45) is 11.7 Å². The van der Waals surface area contributed by atoms with E-state index < -0.39 is 0 Å². The molecule has 1 aromatic heterocycles. The third kappa shape index (κ3) is 2.80. The molecule has 0 aliphatic rings. The molecule has 0 aliphatic heterocycles. The number of amides is 1. The molecule has 16 heavy (non-hydrogen) atoms. The van der Waals surface area contributed by atoms with Gasteiger partial charge in [0.05, 0.1) is 11.6 Å². The number of nitrogens with two attached hydrogens (primary N) is 1. The van der Waals surface area contributed by atoms with Crippen LogP contribution in [-0.4, -0.2) is 23.5 Å². The Morgan fingerprint density at radius 2 is 2.25 bits per heavy atom. The molecule has 4 nitrogen and oxygen atoms in total. The van der Waals surface area contributed by atoms with Gasteiger partial charge < -0.3 is 5.73 Å². The molecule has 0 saturated heterocycles. The van der Waals surface area contributed by atoms with Crippen LogP contribution in [0.2, 0.25) is 0 Å². The van der Waals surface area contributed by atoms with Crippen molar-refractivity contribution in [2.45, 2.75) is 33.7 Å². The Bertz CT molecular complexity index is 362. The Morgan fingerprint density at radius 1 is 1.62 bits per heavy atom. The molecular formula is C11H19N3OS. The molecule has 0 aliphatic carbocycles. The number of hydrogen-bond donors (Lipinski definition) is 1. The molecule has 0 spiro atoms. The molecule has 2 atom stereocenters. The first kappa shape index (κ1) is 13.1. The molecule has 1 amide bonds. The van der Waals surface area contributed by atoms with Crippen LogP contribution in [-0.2, 0) is 4.79 Å². The number of thiazole rings is 1. The maximum Gasteiger partial charge on any atom is 0.233 e. The first-order valence-electron chi connectivity index (χ1n) is 5.46. The summed E-state index contributed by atoms with van der Waals surface area (Å²) in [5, 5.41) is 2.71. The minimum Gasteiger partial charge on any atom is -0.327 e. The number of anilines is 1. The maximum atomic E-state index is 12.1. The van der Waals surface area contributed by atoms with Gasteiger partial charge >= 0.3 is 0 Å². The monoisotopic (exact) mass is 241 g/mol. The lowest BCUT2D eigenvalue weighted by Gasteiger charge is -2.23. The van der Waals surface area contributed by atoms with Crippen molar-refractivity contribution in [1.29, 1.82) is 0 Å². The predicted octanol–water partition coefficient (Wildman–Crippen LogP) is 1.79. The maximum absolute atomic E-state index is 12.1. The van der Waals surface area contributed by atoms with Crippen LogP contribution in [0.1, 0.15) is 26.5 Å². The number of carbonyl (C=O) groups is 1. The van der Waals surface area contributed by atoms with Crippen LogP contribution in [0.25, 0.3) is 0 Å². The standard InChI is InChI=1S/C11H19N3OS/c1-5-14(10(15)8(3)9(4)12)11-13-7(2)6-16-11/h6,8-9H,5,12H2,1-4H3. The first-order chi connectivity index (χ1) is 7.47. The summed E-state index contributed by atoms with van der Waals surface area (Å²) in [6.45, 7) is 8.21. The van der Waals surface area contributed by atoms with E-state index in [1.54, 1.807) is 4.90 Å². The van der Waals surface area contributed by atoms with E-state index in [1.807, 2.05) is 33.1 Å². The van der Waals surface area contributed by atoms with Gasteiger partial charge in [0, 0.05) is 18.0 Å². The van der Waals surface area contributed by atoms with Crippen LogP contribution >= 0.6 is 11.3 Å². The molecule has 1 rings (SSSR count). The second-order valence-electron chi connectivity index (χ2n) is 4.00. The summed E-state index contributed by atoms with van der Waals surface area (Å²) < 4.78 is 0. The summed E-state index contributed by atoms with van der Waals surface area (Å²) in [7, 11) is 0. The van der Waals surface area contributed by atoms with Crippen LogP contribution in [0, 0.1) is 12.8 Å². The largest absolute Gasteiger partial charge is 0.327 e. The quantitative estimate of drug-likeness (QED) is 0.874. The van der Waals surface area contributed by atoms with Crippen molar-refractivity contribution in [3.05, 3.63) is 11.1 Å². The van der Waals surface area contributed by atoms with E-state index in [0.29, 0.717) is 6.54 Å². The van der Waals surface area contributed by atoms with Crippen molar-refractivity contribution < 1.29 is 4.79 Å². The Balaban J connectivity index is 2.86. The van der Waals surface area contributed by atoms with Crippen LogP contribution in [0.4, 0.5) is 5.13 Å². The number of rotatable bonds is 4. The zero-order valence-electron chi connectivity index (χ0n) is 10.2. The molecule has 2 unspecified atom stereocenters. The number of aromatic nitrogens is 1. The van der Waals surface area contributed by atoms with E-state index in [4.69, 9.17) is 5.73 Å². The zero-order chi connectivity index (χ0) is 12.3. The Kier molecular flexibility index (Phi) is 4.44. The molecule has 0 radical (unpaired) electrons. The molecule has 0 bridgehead atoms. The second kappa shape index (κ2) is 5.41. The average molecular weight is 241 g/mol. The number of aryl methyl sites for hydroxylation is 1. The first-order valence-corrected chi connectivity index (χ1v) is 6.34. The minimum absolute atomic E-state index is 0.0480. The minimum atomic E-state index is -0.177. The highest BCUT2D eigenvalue weighted by molar-refractivity contribution is 7.14. The van der Waals surface area contributed by atoms with Gasteiger partial charge in [-0.15, -0.1) is 11.3 Å². The molecule has 0 fully saturated rings. The molecular weight excluding hydrogens is 222 g/mol. The van der Waals surface area contributed by atoms with Crippen molar-refractivity contribution >= 4 is 22.4 Å². The summed E-state index contributed by atoms with van der Waals surface area (Å²) in [4.78, 5) is 18.2.